The molecule has 0 fully saturated rings. The number of nitrogens with two attached hydrogens (primary N) is 1. The fourth-order valence-corrected chi connectivity index (χ4v) is 2.39. The monoisotopic (exact) mass is 273 g/mol. The summed E-state index contributed by atoms with van der Waals surface area (Å²) < 4.78 is 7.21. The largest absolute Gasteiger partial charge is 0.383 e. The first-order valence-electron chi connectivity index (χ1n) is 7.02. The van der Waals surface area contributed by atoms with Crippen molar-refractivity contribution in [2.45, 2.75) is 39.8 Å². The van der Waals surface area contributed by atoms with E-state index in [-0.39, 0.29) is 0 Å². The second-order valence-corrected chi connectivity index (χ2v) is 5.23. The predicted molar refractivity (Wildman–Crippen MR) is 82.6 cm³/mol. The molecule has 20 heavy (non-hydrogen) atoms. The van der Waals surface area contributed by atoms with E-state index in [9.17, 15) is 0 Å². The molecule has 1 aromatic heterocycles. The van der Waals surface area contributed by atoms with Gasteiger partial charge >= 0.3 is 0 Å². The van der Waals surface area contributed by atoms with Gasteiger partial charge in [-0.2, -0.15) is 0 Å². The number of ether oxygens (including phenoxy) is 1. The quantitative estimate of drug-likeness (QED) is 0.908. The van der Waals surface area contributed by atoms with E-state index in [1.165, 1.54) is 0 Å². The standard InChI is InChI=1S/C16H23N3O/c1-5-19-15(17)14(18-16(19)11(2)3)13-8-6-12(7-9-13)10-20-4/h6-9,11H,5,10,17H2,1-4H3. The van der Waals surface area contributed by atoms with Crippen molar-refractivity contribution in [3.8, 4) is 11.3 Å². The number of aromatic nitrogens is 2. The minimum atomic E-state index is 0.360. The van der Waals surface area contributed by atoms with Crippen molar-refractivity contribution in [2.75, 3.05) is 12.8 Å². The third-order valence-corrected chi connectivity index (χ3v) is 3.41. The van der Waals surface area contributed by atoms with Gasteiger partial charge in [0.15, 0.2) is 0 Å². The van der Waals surface area contributed by atoms with Gasteiger partial charge in [0, 0.05) is 25.1 Å². The lowest BCUT2D eigenvalue weighted by molar-refractivity contribution is 0.185. The predicted octanol–water partition coefficient (Wildman–Crippen LogP) is 3.42. The van der Waals surface area contributed by atoms with Crippen LogP contribution in [0.2, 0.25) is 0 Å². The van der Waals surface area contributed by atoms with Crippen LogP contribution in [0.4, 0.5) is 5.82 Å². The normalized spacial score (nSPS) is 11.2. The van der Waals surface area contributed by atoms with E-state index in [1.54, 1.807) is 7.11 Å². The lowest BCUT2D eigenvalue weighted by Gasteiger charge is -2.08. The molecule has 2 aromatic rings. The van der Waals surface area contributed by atoms with Gasteiger partial charge in [0.1, 0.15) is 17.3 Å². The molecule has 4 nitrogen and oxygen atoms in total. The van der Waals surface area contributed by atoms with Crippen LogP contribution in [0.5, 0.6) is 0 Å². The molecule has 1 aromatic carbocycles. The summed E-state index contributed by atoms with van der Waals surface area (Å²) in [5.74, 6) is 2.15. The van der Waals surface area contributed by atoms with Gasteiger partial charge in [-0.25, -0.2) is 4.98 Å². The van der Waals surface area contributed by atoms with Crippen molar-refractivity contribution in [3.05, 3.63) is 35.7 Å². The maximum Gasteiger partial charge on any atom is 0.131 e. The highest BCUT2D eigenvalue weighted by molar-refractivity contribution is 5.71. The van der Waals surface area contributed by atoms with Crippen LogP contribution in [0, 0.1) is 0 Å². The number of rotatable bonds is 5. The van der Waals surface area contributed by atoms with Crippen molar-refractivity contribution in [3.63, 3.8) is 0 Å². The van der Waals surface area contributed by atoms with Crippen LogP contribution in [0.15, 0.2) is 24.3 Å². The van der Waals surface area contributed by atoms with E-state index in [0.29, 0.717) is 12.5 Å². The van der Waals surface area contributed by atoms with Gasteiger partial charge in [-0.1, -0.05) is 38.1 Å². The Morgan fingerprint density at radius 2 is 1.90 bits per heavy atom. The zero-order chi connectivity index (χ0) is 14.7. The van der Waals surface area contributed by atoms with Crippen LogP contribution in [-0.4, -0.2) is 16.7 Å². The van der Waals surface area contributed by atoms with E-state index in [2.05, 4.69) is 49.6 Å². The maximum absolute atomic E-state index is 6.26. The maximum atomic E-state index is 6.26. The van der Waals surface area contributed by atoms with E-state index in [1.807, 2.05) is 0 Å². The summed E-state index contributed by atoms with van der Waals surface area (Å²) in [6.45, 7) is 7.83. The molecule has 0 aliphatic heterocycles. The molecule has 0 radical (unpaired) electrons. The molecule has 0 saturated heterocycles. The van der Waals surface area contributed by atoms with Gasteiger partial charge in [0.2, 0.25) is 0 Å². The first kappa shape index (κ1) is 14.6. The van der Waals surface area contributed by atoms with Gasteiger partial charge in [-0.05, 0) is 12.5 Å². The number of methoxy groups -OCH3 is 1. The zero-order valence-corrected chi connectivity index (χ0v) is 12.7. The van der Waals surface area contributed by atoms with E-state index >= 15 is 0 Å². The Hall–Kier alpha value is -1.81. The van der Waals surface area contributed by atoms with E-state index < -0.39 is 0 Å². The summed E-state index contributed by atoms with van der Waals surface area (Å²) in [4.78, 5) is 4.73. The van der Waals surface area contributed by atoms with Crippen molar-refractivity contribution < 1.29 is 4.74 Å². The first-order valence-corrected chi connectivity index (χ1v) is 7.02. The van der Waals surface area contributed by atoms with Crippen LogP contribution in [0.1, 0.15) is 38.1 Å². The van der Waals surface area contributed by atoms with Gasteiger partial charge in [0.05, 0.1) is 6.61 Å². The molecule has 0 amide bonds. The number of nitrogens with zero attached hydrogens (tertiary/aromatic N) is 2. The Morgan fingerprint density at radius 3 is 2.35 bits per heavy atom. The average Bonchev–Trinajstić information content (AvgIpc) is 2.77. The van der Waals surface area contributed by atoms with Gasteiger partial charge in [-0.15, -0.1) is 0 Å². The van der Waals surface area contributed by atoms with Gasteiger partial charge in [-0.3, -0.25) is 0 Å². The molecule has 0 bridgehead atoms. The third-order valence-electron chi connectivity index (χ3n) is 3.41. The molecule has 2 rings (SSSR count). The molecule has 2 N–H and O–H groups in total. The van der Waals surface area contributed by atoms with Crippen LogP contribution in [0.3, 0.4) is 0 Å². The summed E-state index contributed by atoms with van der Waals surface area (Å²) in [7, 11) is 1.70. The molecule has 0 aliphatic rings. The fourth-order valence-electron chi connectivity index (χ4n) is 2.39. The lowest BCUT2D eigenvalue weighted by atomic mass is 10.1. The highest BCUT2D eigenvalue weighted by atomic mass is 16.5. The smallest absolute Gasteiger partial charge is 0.131 e. The summed E-state index contributed by atoms with van der Waals surface area (Å²) in [6, 6.07) is 8.21. The highest BCUT2D eigenvalue weighted by Crippen LogP contribution is 2.29. The van der Waals surface area contributed by atoms with Crippen molar-refractivity contribution >= 4 is 5.82 Å². The molecule has 1 heterocycles. The number of imidazole rings is 1. The molecule has 0 spiro atoms. The molecule has 0 atom stereocenters. The minimum absolute atomic E-state index is 0.360. The molecule has 0 unspecified atom stereocenters. The van der Waals surface area contributed by atoms with E-state index in [4.69, 9.17) is 15.5 Å². The van der Waals surface area contributed by atoms with Crippen LogP contribution < -0.4 is 5.73 Å². The average molecular weight is 273 g/mol. The fraction of sp³-hybridized carbons (Fsp3) is 0.438. The number of hydrogen-bond donors (Lipinski definition) is 1. The summed E-state index contributed by atoms with van der Waals surface area (Å²) in [5.41, 5.74) is 9.33. The summed E-state index contributed by atoms with van der Waals surface area (Å²) in [5, 5.41) is 0. The minimum Gasteiger partial charge on any atom is -0.383 e. The summed E-state index contributed by atoms with van der Waals surface area (Å²) >= 11 is 0. The van der Waals surface area contributed by atoms with Gasteiger partial charge < -0.3 is 15.0 Å². The van der Waals surface area contributed by atoms with E-state index in [0.717, 1.165) is 35.0 Å². The Balaban J connectivity index is 2.42. The molecule has 0 saturated carbocycles. The van der Waals surface area contributed by atoms with Crippen LogP contribution >= 0.6 is 0 Å². The Kier molecular flexibility index (Phi) is 4.45. The lowest BCUT2D eigenvalue weighted by Crippen LogP contribution is -2.06. The number of nitrogen functional groups attached to an aromatic ring is 1. The Bertz CT molecular complexity index is 570. The number of benzene rings is 1. The van der Waals surface area contributed by atoms with Crippen LogP contribution in [0.25, 0.3) is 11.3 Å². The zero-order valence-electron chi connectivity index (χ0n) is 12.7. The topological polar surface area (TPSA) is 53.1 Å². The number of anilines is 1. The second kappa shape index (κ2) is 6.09. The third kappa shape index (κ3) is 2.70. The second-order valence-electron chi connectivity index (χ2n) is 5.23. The molecular weight excluding hydrogens is 250 g/mol. The molecule has 108 valence electrons. The van der Waals surface area contributed by atoms with Crippen molar-refractivity contribution in [1.82, 2.24) is 9.55 Å². The SMILES string of the molecule is CCn1c(C(C)C)nc(-c2ccc(COC)cc2)c1N. The molecule has 0 aliphatic carbocycles. The van der Waals surface area contributed by atoms with Gasteiger partial charge in [0.25, 0.3) is 0 Å². The summed E-state index contributed by atoms with van der Waals surface area (Å²) in [6.07, 6.45) is 0. The van der Waals surface area contributed by atoms with Crippen molar-refractivity contribution in [2.24, 2.45) is 0 Å². The molecule has 4 heteroatoms. The first-order chi connectivity index (χ1) is 9.58. The van der Waals surface area contributed by atoms with Crippen molar-refractivity contribution in [1.29, 1.82) is 0 Å². The Labute approximate surface area is 120 Å². The highest BCUT2D eigenvalue weighted by Gasteiger charge is 2.17. The van der Waals surface area contributed by atoms with Crippen LogP contribution in [-0.2, 0) is 17.9 Å². The Morgan fingerprint density at radius 1 is 1.25 bits per heavy atom. The number of hydrogen-bond acceptors (Lipinski definition) is 3. The molecular formula is C16H23N3O.